The van der Waals surface area contributed by atoms with E-state index in [0.29, 0.717) is 17.5 Å². The molecule has 1 N–H and O–H groups in total. The molecule has 0 bridgehead atoms. The number of hydrogen-bond donors (Lipinski definition) is 1. The topological polar surface area (TPSA) is 89.4 Å². The number of aromatic nitrogens is 2. The monoisotopic (exact) mass is 752 g/mol. The van der Waals surface area contributed by atoms with E-state index in [9.17, 15) is 4.79 Å². The molecule has 6 rings (SSSR count). The average Bonchev–Trinajstić information content (AvgIpc) is 3.53. The molecule has 6 nitrogen and oxygen atoms in total. The molecule has 0 amide bonds. The minimum Gasteiger partial charge on any atom is -0.512 e. The van der Waals surface area contributed by atoms with Crippen LogP contribution in [0.15, 0.2) is 81.5 Å². The molecule has 0 aliphatic rings. The molecule has 43 heavy (non-hydrogen) atoms. The van der Waals surface area contributed by atoms with Gasteiger partial charge in [0.1, 0.15) is 5.76 Å². The molecule has 223 valence electrons. The summed E-state index contributed by atoms with van der Waals surface area (Å²) in [6.07, 6.45) is 2.96. The summed E-state index contributed by atoms with van der Waals surface area (Å²) >= 11 is 0. The molecular weight excluding hydrogens is 717 g/mol. The van der Waals surface area contributed by atoms with Gasteiger partial charge in [0.05, 0.1) is 17.5 Å². The number of fused-ring (bicyclic) bond motifs is 4. The third-order valence-electron chi connectivity index (χ3n) is 7.11. The van der Waals surface area contributed by atoms with E-state index in [1.807, 2.05) is 25.1 Å². The molecule has 0 fully saturated rings. The average molecular weight is 752 g/mol. The predicted octanol–water partition coefficient (Wildman–Crippen LogP) is 9.85. The number of ketones is 1. The van der Waals surface area contributed by atoms with E-state index in [1.54, 1.807) is 6.20 Å². The van der Waals surface area contributed by atoms with Crippen molar-refractivity contribution in [3.63, 3.8) is 0 Å². The Morgan fingerprint density at radius 1 is 0.930 bits per heavy atom. The maximum atomic E-state index is 10.0. The third kappa shape index (κ3) is 6.96. The van der Waals surface area contributed by atoms with Crippen LogP contribution in [-0.4, -0.2) is 20.9 Å². The van der Waals surface area contributed by atoms with E-state index >= 15 is 0 Å². The summed E-state index contributed by atoms with van der Waals surface area (Å²) in [6, 6.07) is 22.3. The third-order valence-corrected chi connectivity index (χ3v) is 7.11. The Kier molecular flexibility index (Phi) is 9.68. The molecule has 0 aliphatic carbocycles. The Hall–Kier alpha value is -4.06. The van der Waals surface area contributed by atoms with E-state index < -0.39 is 0 Å². The molecular formula is C36H35IrN2O4-. The van der Waals surface area contributed by atoms with Gasteiger partial charge in [0.25, 0.3) is 0 Å². The summed E-state index contributed by atoms with van der Waals surface area (Å²) in [4.78, 5) is 19.3. The Morgan fingerprint density at radius 2 is 1.63 bits per heavy atom. The summed E-state index contributed by atoms with van der Waals surface area (Å²) in [5.41, 5.74) is 8.44. The molecule has 0 spiro atoms. The van der Waals surface area contributed by atoms with Crippen molar-refractivity contribution in [3.05, 3.63) is 95.5 Å². The summed E-state index contributed by atoms with van der Waals surface area (Å²) < 4.78 is 12.4. The molecule has 0 atom stereocenters. The van der Waals surface area contributed by atoms with Gasteiger partial charge in [0, 0.05) is 48.2 Å². The van der Waals surface area contributed by atoms with Gasteiger partial charge in [-0.1, -0.05) is 50.8 Å². The van der Waals surface area contributed by atoms with Crippen LogP contribution in [0.25, 0.3) is 55.6 Å². The van der Waals surface area contributed by atoms with Gasteiger partial charge < -0.3 is 18.9 Å². The number of carbonyl (C=O) groups excluding carboxylic acids is 1. The van der Waals surface area contributed by atoms with Crippen molar-refractivity contribution >= 4 is 38.8 Å². The van der Waals surface area contributed by atoms with Crippen LogP contribution in [0.1, 0.15) is 70.2 Å². The molecule has 4 heterocycles. The van der Waals surface area contributed by atoms with Gasteiger partial charge in [-0.3, -0.25) is 4.79 Å². The zero-order valence-corrected chi connectivity index (χ0v) is 27.8. The van der Waals surface area contributed by atoms with E-state index in [1.165, 1.54) is 31.1 Å². The first kappa shape index (κ1) is 31.9. The minimum absolute atomic E-state index is 0. The maximum Gasteiger partial charge on any atom is 0.216 e. The van der Waals surface area contributed by atoms with Crippen molar-refractivity contribution in [1.82, 2.24) is 9.97 Å². The number of furan rings is 2. The Morgan fingerprint density at radius 3 is 2.23 bits per heavy atom. The zero-order valence-electron chi connectivity index (χ0n) is 25.4. The predicted molar refractivity (Wildman–Crippen MR) is 169 cm³/mol. The van der Waals surface area contributed by atoms with Crippen molar-refractivity contribution in [2.24, 2.45) is 0 Å². The number of aliphatic hydroxyl groups is 1. The number of benzene rings is 2. The Bertz CT molecular complexity index is 1930. The standard InChI is InChI=1S/C31H27N2O2.C5H8O2.Ir/c1-17(2)20-11-21(18(3)4)13-22(12-20)28-15-23-14-27(32-16-29(23)34-28)26-8-6-7-24-25-10-9-19(5)33-31(25)35-30(24)26;1-4(6)3-5(2)7;/h6-7,9-18H,1-5H3;3,6H,1-2H3;/q-1;;/b;4-3-;. The van der Waals surface area contributed by atoms with E-state index in [2.05, 4.69) is 75.1 Å². The fraction of sp³-hybridized carbons (Fsp3) is 0.250. The van der Waals surface area contributed by atoms with Gasteiger partial charge in [0.2, 0.25) is 5.71 Å². The van der Waals surface area contributed by atoms with E-state index in [-0.39, 0.29) is 31.6 Å². The first-order chi connectivity index (χ1) is 20.0. The number of aryl methyl sites for hydroxylation is 1. The van der Waals surface area contributed by atoms with Gasteiger partial charge in [0.15, 0.2) is 11.4 Å². The number of hydrogen-bond acceptors (Lipinski definition) is 6. The second-order valence-corrected chi connectivity index (χ2v) is 11.3. The summed E-state index contributed by atoms with van der Waals surface area (Å²) in [7, 11) is 0. The van der Waals surface area contributed by atoms with Crippen LogP contribution in [0.2, 0.25) is 0 Å². The number of aliphatic hydroxyl groups excluding tert-OH is 1. The summed E-state index contributed by atoms with van der Waals surface area (Å²) in [5.74, 6) is 1.69. The number of carbonyl (C=O) groups is 1. The maximum absolute atomic E-state index is 10.0. The van der Waals surface area contributed by atoms with E-state index in [4.69, 9.17) is 18.9 Å². The minimum atomic E-state index is -0.125. The molecule has 0 unspecified atom stereocenters. The quantitative estimate of drug-likeness (QED) is 0.107. The van der Waals surface area contributed by atoms with Crippen LogP contribution < -0.4 is 0 Å². The number of pyridine rings is 2. The molecule has 0 saturated heterocycles. The largest absolute Gasteiger partial charge is 0.512 e. The van der Waals surface area contributed by atoms with Crippen LogP contribution >= 0.6 is 0 Å². The molecule has 1 radical (unpaired) electrons. The summed E-state index contributed by atoms with van der Waals surface area (Å²) in [5, 5.41) is 11.4. The van der Waals surface area contributed by atoms with E-state index in [0.717, 1.165) is 55.6 Å². The first-order valence-electron chi connectivity index (χ1n) is 14.1. The first-order valence-corrected chi connectivity index (χ1v) is 14.1. The Labute approximate surface area is 265 Å². The smallest absolute Gasteiger partial charge is 0.216 e. The molecule has 6 aromatic rings. The van der Waals surface area contributed by atoms with Gasteiger partial charge in [-0.15, -0.1) is 18.2 Å². The second kappa shape index (κ2) is 13.1. The number of allylic oxidation sites excluding steroid dienone is 2. The Balaban J connectivity index is 0.000000475. The van der Waals surface area contributed by atoms with Gasteiger partial charge in [-0.2, -0.15) is 0 Å². The SMILES string of the molecule is CC(=O)/C=C(/C)O.Cc1ccc2c(n1)oc1c(-c3cc4cc(-c5cc(C(C)C)cc(C(C)C)c5)oc4cn3)[c-]ccc12.[Ir]. The van der Waals surface area contributed by atoms with Crippen molar-refractivity contribution in [1.29, 1.82) is 0 Å². The van der Waals surface area contributed by atoms with Crippen LogP contribution in [-0.2, 0) is 24.9 Å². The molecule has 0 saturated carbocycles. The van der Waals surface area contributed by atoms with Crippen molar-refractivity contribution < 1.29 is 38.8 Å². The van der Waals surface area contributed by atoms with Crippen molar-refractivity contribution in [3.8, 4) is 22.6 Å². The molecule has 0 aliphatic heterocycles. The normalized spacial score (nSPS) is 11.7. The van der Waals surface area contributed by atoms with Crippen LogP contribution in [0.4, 0.5) is 0 Å². The van der Waals surface area contributed by atoms with Crippen LogP contribution in [0.5, 0.6) is 0 Å². The second-order valence-electron chi connectivity index (χ2n) is 11.3. The molecule has 7 heteroatoms. The van der Waals surface area contributed by atoms with Crippen LogP contribution in [0.3, 0.4) is 0 Å². The fourth-order valence-electron chi connectivity index (χ4n) is 4.91. The molecule has 2 aromatic carbocycles. The fourth-order valence-corrected chi connectivity index (χ4v) is 4.91. The van der Waals surface area contributed by atoms with Gasteiger partial charge in [-0.25, -0.2) is 4.98 Å². The van der Waals surface area contributed by atoms with Crippen molar-refractivity contribution in [2.45, 2.75) is 60.3 Å². The zero-order chi connectivity index (χ0) is 30.1. The van der Waals surface area contributed by atoms with Gasteiger partial charge >= 0.3 is 0 Å². The van der Waals surface area contributed by atoms with Crippen molar-refractivity contribution in [2.75, 3.05) is 0 Å². The molecule has 4 aromatic heterocycles. The number of nitrogens with zero attached hydrogens (tertiary/aromatic N) is 2. The summed E-state index contributed by atoms with van der Waals surface area (Å²) in [6.45, 7) is 13.7. The van der Waals surface area contributed by atoms with Gasteiger partial charge in [-0.05, 0) is 79.8 Å². The number of rotatable bonds is 5. The van der Waals surface area contributed by atoms with Crippen LogP contribution in [0, 0.1) is 13.0 Å².